The van der Waals surface area contributed by atoms with Crippen molar-refractivity contribution in [1.82, 2.24) is 24.7 Å². The molecule has 9 nitrogen and oxygen atoms in total. The van der Waals surface area contributed by atoms with Gasteiger partial charge in [-0.2, -0.15) is 17.5 Å². The van der Waals surface area contributed by atoms with Crippen LogP contribution in [0, 0.1) is 0 Å². The molecule has 0 aromatic carbocycles. The van der Waals surface area contributed by atoms with Gasteiger partial charge < -0.3 is 10.1 Å². The van der Waals surface area contributed by atoms with Gasteiger partial charge in [0.25, 0.3) is 0 Å². The van der Waals surface area contributed by atoms with Crippen LogP contribution < -0.4 is 10.4 Å². The molecule has 1 atom stereocenters. The number of rotatable bonds is 9. The molecule has 0 bridgehead atoms. The van der Waals surface area contributed by atoms with Gasteiger partial charge in [0, 0.05) is 57.2 Å². The van der Waals surface area contributed by atoms with E-state index in [2.05, 4.69) is 20.4 Å². The van der Waals surface area contributed by atoms with Gasteiger partial charge in [0.2, 0.25) is 10.0 Å². The highest BCUT2D eigenvalue weighted by atomic mass is 32.2. The summed E-state index contributed by atoms with van der Waals surface area (Å²) >= 11 is 0. The van der Waals surface area contributed by atoms with E-state index in [-0.39, 0.29) is 18.8 Å². The van der Waals surface area contributed by atoms with Crippen LogP contribution in [-0.2, 0) is 22.6 Å². The molecule has 1 aliphatic heterocycles. The lowest BCUT2D eigenvalue weighted by atomic mass is 10.1. The number of halogens is 3. The zero-order valence-electron chi connectivity index (χ0n) is 17.2. The van der Waals surface area contributed by atoms with Crippen molar-refractivity contribution in [3.8, 4) is 0 Å². The van der Waals surface area contributed by atoms with Crippen LogP contribution in [0.4, 0.5) is 19.0 Å². The average molecular weight is 475 g/mol. The van der Waals surface area contributed by atoms with Crippen molar-refractivity contribution in [3.05, 3.63) is 48.2 Å². The van der Waals surface area contributed by atoms with Crippen LogP contribution in [0.2, 0.25) is 0 Å². The smallest absolute Gasteiger partial charge is 0.354 e. The molecular formula is C19H25F3N6O3S. The van der Waals surface area contributed by atoms with Crippen molar-refractivity contribution in [3.63, 3.8) is 0 Å². The fraction of sp³-hybridized carbons (Fsp3) is 0.526. The lowest BCUT2D eigenvalue weighted by Crippen LogP contribution is -2.51. The molecule has 1 fully saturated rings. The monoisotopic (exact) mass is 474 g/mol. The first kappa shape index (κ1) is 24.3. The maximum atomic E-state index is 12.8. The van der Waals surface area contributed by atoms with Crippen molar-refractivity contribution in [2.45, 2.75) is 31.5 Å². The van der Waals surface area contributed by atoms with Crippen LogP contribution >= 0.6 is 0 Å². The number of hydroxylamine groups is 1. The number of aryl methyl sites for hydroxylation is 1. The number of aromatic nitrogens is 3. The van der Waals surface area contributed by atoms with Crippen molar-refractivity contribution in [2.75, 3.05) is 36.8 Å². The minimum Gasteiger partial charge on any atom is -0.354 e. The summed E-state index contributed by atoms with van der Waals surface area (Å²) in [6, 6.07) is 3.32. The molecule has 1 saturated heterocycles. The number of alkyl halides is 3. The molecule has 3 heterocycles. The maximum Gasteiger partial charge on any atom is 0.417 e. The van der Waals surface area contributed by atoms with Gasteiger partial charge in [-0.15, -0.1) is 0 Å². The molecule has 0 unspecified atom stereocenters. The second-order valence-electron chi connectivity index (χ2n) is 7.45. The Bertz CT molecular complexity index is 953. The zero-order valence-corrected chi connectivity index (χ0v) is 18.1. The van der Waals surface area contributed by atoms with Gasteiger partial charge in [0.15, 0.2) is 0 Å². The van der Waals surface area contributed by atoms with E-state index >= 15 is 0 Å². The maximum absolute atomic E-state index is 12.8. The van der Waals surface area contributed by atoms with E-state index in [1.165, 1.54) is 10.4 Å². The van der Waals surface area contributed by atoms with Crippen LogP contribution in [0.15, 0.2) is 36.8 Å². The fourth-order valence-corrected chi connectivity index (χ4v) is 5.13. The summed E-state index contributed by atoms with van der Waals surface area (Å²) in [5.74, 6) is 0.755. The third-order valence-electron chi connectivity index (χ3n) is 5.20. The number of pyridine rings is 1. The predicted molar refractivity (Wildman–Crippen MR) is 110 cm³/mol. The van der Waals surface area contributed by atoms with Gasteiger partial charge in [-0.1, -0.05) is 0 Å². The van der Waals surface area contributed by atoms with Crippen LogP contribution in [0.1, 0.15) is 24.2 Å². The SMILES string of the molecule is O=S(=O)(C[C@H](CCCc1ncccn1)NO)N1CCN(c2ccc(C(F)(F)F)cn2)CC1. The molecule has 2 aromatic rings. The first-order chi connectivity index (χ1) is 15.2. The van der Waals surface area contributed by atoms with E-state index in [4.69, 9.17) is 0 Å². The Morgan fingerprint density at radius 1 is 1.09 bits per heavy atom. The highest BCUT2D eigenvalue weighted by Crippen LogP contribution is 2.29. The number of sulfonamides is 1. The minimum atomic E-state index is -4.45. The van der Waals surface area contributed by atoms with E-state index in [1.807, 2.05) is 0 Å². The van der Waals surface area contributed by atoms with E-state index in [0.717, 1.165) is 12.3 Å². The second-order valence-corrected chi connectivity index (χ2v) is 9.46. The Labute approximate surface area is 184 Å². The largest absolute Gasteiger partial charge is 0.417 e. The molecule has 0 radical (unpaired) electrons. The molecule has 0 spiro atoms. The lowest BCUT2D eigenvalue weighted by molar-refractivity contribution is -0.137. The number of piperazine rings is 1. The van der Waals surface area contributed by atoms with Gasteiger partial charge >= 0.3 is 6.18 Å². The molecule has 13 heteroatoms. The summed E-state index contributed by atoms with van der Waals surface area (Å²) in [6.07, 6.45) is 1.18. The Hall–Kier alpha value is -2.35. The molecule has 32 heavy (non-hydrogen) atoms. The predicted octanol–water partition coefficient (Wildman–Crippen LogP) is 1.71. The molecule has 0 saturated carbocycles. The summed E-state index contributed by atoms with van der Waals surface area (Å²) in [7, 11) is -3.64. The van der Waals surface area contributed by atoms with E-state index in [0.29, 0.717) is 44.0 Å². The molecule has 2 aromatic heterocycles. The van der Waals surface area contributed by atoms with Gasteiger partial charge in [-0.3, -0.25) is 0 Å². The molecule has 176 valence electrons. The molecule has 3 rings (SSSR count). The van der Waals surface area contributed by atoms with Crippen LogP contribution in [0.25, 0.3) is 0 Å². The molecular weight excluding hydrogens is 449 g/mol. The first-order valence-corrected chi connectivity index (χ1v) is 11.7. The normalized spacial score (nSPS) is 16.8. The van der Waals surface area contributed by atoms with Gasteiger partial charge in [0.05, 0.1) is 11.3 Å². The second kappa shape index (κ2) is 10.5. The van der Waals surface area contributed by atoms with Gasteiger partial charge in [0.1, 0.15) is 11.6 Å². The average Bonchev–Trinajstić information content (AvgIpc) is 2.78. The summed E-state index contributed by atoms with van der Waals surface area (Å²) in [5.41, 5.74) is 1.25. The number of hydrogen-bond acceptors (Lipinski definition) is 8. The van der Waals surface area contributed by atoms with Crippen molar-refractivity contribution >= 4 is 15.8 Å². The van der Waals surface area contributed by atoms with Gasteiger partial charge in [-0.25, -0.2) is 28.8 Å². The standard InChI is InChI=1S/C19H25F3N6O3S/c20-19(21,22)15-5-6-18(25-13-15)27-9-11-28(12-10-27)32(30,31)14-16(26-29)3-1-4-17-23-7-2-8-24-17/h2,5-8,13,16,26,29H,1,3-4,9-12,14H2/t16-/m0/s1. The number of anilines is 1. The topological polar surface area (TPSA) is 112 Å². The Morgan fingerprint density at radius 3 is 2.34 bits per heavy atom. The van der Waals surface area contributed by atoms with Gasteiger partial charge in [-0.05, 0) is 31.0 Å². The quantitative estimate of drug-likeness (QED) is 0.529. The third kappa shape index (κ3) is 6.58. The summed E-state index contributed by atoms with van der Waals surface area (Å²) < 4.78 is 64.9. The molecule has 2 N–H and O–H groups in total. The van der Waals surface area contributed by atoms with E-state index < -0.39 is 27.8 Å². The first-order valence-electron chi connectivity index (χ1n) is 10.1. The van der Waals surface area contributed by atoms with Crippen molar-refractivity contribution < 1.29 is 26.8 Å². The molecule has 0 aliphatic carbocycles. The zero-order chi connectivity index (χ0) is 23.2. The Balaban J connectivity index is 1.49. The highest BCUT2D eigenvalue weighted by molar-refractivity contribution is 7.89. The van der Waals surface area contributed by atoms with E-state index in [1.54, 1.807) is 23.4 Å². The fourth-order valence-electron chi connectivity index (χ4n) is 3.45. The van der Waals surface area contributed by atoms with Crippen LogP contribution in [-0.4, -0.2) is 70.9 Å². The highest BCUT2D eigenvalue weighted by Gasteiger charge is 2.32. The third-order valence-corrected chi connectivity index (χ3v) is 7.17. The Kier molecular flexibility index (Phi) is 7.98. The molecule has 1 aliphatic rings. The Morgan fingerprint density at radius 2 is 1.78 bits per heavy atom. The number of hydrogen-bond donors (Lipinski definition) is 2. The molecule has 0 amide bonds. The summed E-state index contributed by atoms with van der Waals surface area (Å²) in [4.78, 5) is 13.8. The van der Waals surface area contributed by atoms with Crippen LogP contribution in [0.3, 0.4) is 0 Å². The summed E-state index contributed by atoms with van der Waals surface area (Å²) in [6.45, 7) is 0.975. The minimum absolute atomic E-state index is 0.182. The summed E-state index contributed by atoms with van der Waals surface area (Å²) in [5, 5.41) is 9.39. The van der Waals surface area contributed by atoms with Crippen LogP contribution in [0.5, 0.6) is 0 Å². The lowest BCUT2D eigenvalue weighted by Gasteiger charge is -2.35. The number of nitrogens with one attached hydrogen (secondary N) is 1. The van der Waals surface area contributed by atoms with E-state index in [9.17, 15) is 26.8 Å². The van der Waals surface area contributed by atoms with Crippen molar-refractivity contribution in [2.24, 2.45) is 0 Å². The van der Waals surface area contributed by atoms with Crippen molar-refractivity contribution in [1.29, 1.82) is 0 Å². The number of nitrogens with zero attached hydrogens (tertiary/aromatic N) is 5.